The first kappa shape index (κ1) is 17.7. The Labute approximate surface area is 150 Å². The van der Waals surface area contributed by atoms with Gasteiger partial charge >= 0.3 is 12.0 Å². The highest BCUT2D eigenvalue weighted by Gasteiger charge is 2.27. The molecule has 0 atom stereocenters. The number of carbonyl (C=O) groups excluding carboxylic acids is 1. The van der Waals surface area contributed by atoms with Crippen LogP contribution in [0.4, 0.5) is 14.9 Å². The number of urea groups is 1. The van der Waals surface area contributed by atoms with Gasteiger partial charge in [-0.3, -0.25) is 4.79 Å². The minimum absolute atomic E-state index is 0.316. The van der Waals surface area contributed by atoms with Crippen molar-refractivity contribution in [2.75, 3.05) is 18.4 Å². The molecule has 0 bridgehead atoms. The molecule has 1 aliphatic heterocycles. The van der Waals surface area contributed by atoms with Gasteiger partial charge in [0.15, 0.2) is 5.75 Å². The minimum Gasteiger partial charge on any atom is -0.481 e. The number of anilines is 1. The molecule has 2 N–H and O–H groups in total. The normalized spacial score (nSPS) is 14.7. The van der Waals surface area contributed by atoms with E-state index < -0.39 is 17.7 Å². The Morgan fingerprint density at radius 1 is 1.12 bits per heavy atom. The van der Waals surface area contributed by atoms with Crippen LogP contribution in [-0.4, -0.2) is 35.1 Å². The van der Waals surface area contributed by atoms with E-state index >= 15 is 0 Å². The number of carbonyl (C=O) groups is 2. The van der Waals surface area contributed by atoms with Crippen LogP contribution in [0.3, 0.4) is 0 Å². The van der Waals surface area contributed by atoms with Crippen molar-refractivity contribution >= 4 is 17.7 Å². The summed E-state index contributed by atoms with van der Waals surface area (Å²) < 4.78 is 19.0. The molecule has 0 unspecified atom stereocenters. The Bertz CT molecular complexity index is 804. The van der Waals surface area contributed by atoms with Gasteiger partial charge in [0.25, 0.3) is 0 Å². The van der Waals surface area contributed by atoms with Crippen LogP contribution >= 0.6 is 0 Å². The molecule has 0 spiro atoms. The van der Waals surface area contributed by atoms with E-state index in [-0.39, 0.29) is 6.03 Å². The number of carboxylic acid groups (broad SMARTS) is 1. The standard InChI is InChI=1S/C19H19FN2O4/c20-14-4-3-5-15(12-14)26-17-7-2-1-6-16(17)21-19(25)22-10-8-13(9-11-22)18(23)24/h1-7,12-13H,8-11H2,(H,21,25)(H,23,24). The summed E-state index contributed by atoms with van der Waals surface area (Å²) in [5.74, 6) is -0.910. The average molecular weight is 358 g/mol. The molecule has 136 valence electrons. The monoisotopic (exact) mass is 358 g/mol. The number of rotatable bonds is 4. The average Bonchev–Trinajstić information content (AvgIpc) is 2.63. The number of halogens is 1. The fourth-order valence-corrected chi connectivity index (χ4v) is 2.84. The number of nitrogens with zero attached hydrogens (tertiary/aromatic N) is 1. The Kier molecular flexibility index (Phi) is 5.36. The molecule has 0 aliphatic carbocycles. The zero-order valence-corrected chi connectivity index (χ0v) is 14.0. The highest BCUT2D eigenvalue weighted by atomic mass is 19.1. The summed E-state index contributed by atoms with van der Waals surface area (Å²) in [5, 5.41) is 11.8. The third kappa shape index (κ3) is 4.30. The zero-order valence-electron chi connectivity index (χ0n) is 14.0. The van der Waals surface area contributed by atoms with Crippen LogP contribution in [0.2, 0.25) is 0 Å². The van der Waals surface area contributed by atoms with Crippen LogP contribution in [0, 0.1) is 11.7 Å². The van der Waals surface area contributed by atoms with Gasteiger partial charge in [-0.1, -0.05) is 18.2 Å². The second-order valence-electron chi connectivity index (χ2n) is 6.09. The molecule has 2 amide bonds. The van der Waals surface area contributed by atoms with E-state index in [1.807, 2.05) is 0 Å². The van der Waals surface area contributed by atoms with Crippen molar-refractivity contribution in [2.24, 2.45) is 5.92 Å². The van der Waals surface area contributed by atoms with Crippen LogP contribution in [0.25, 0.3) is 0 Å². The van der Waals surface area contributed by atoms with E-state index in [4.69, 9.17) is 9.84 Å². The molecule has 7 heteroatoms. The Hall–Kier alpha value is -3.09. The number of likely N-dealkylation sites (tertiary alicyclic amines) is 1. The fraction of sp³-hybridized carbons (Fsp3) is 0.263. The third-order valence-corrected chi connectivity index (χ3v) is 4.28. The van der Waals surface area contributed by atoms with Crippen LogP contribution in [0.15, 0.2) is 48.5 Å². The molecule has 1 fully saturated rings. The lowest BCUT2D eigenvalue weighted by Gasteiger charge is -2.30. The second-order valence-corrected chi connectivity index (χ2v) is 6.09. The highest BCUT2D eigenvalue weighted by molar-refractivity contribution is 5.91. The van der Waals surface area contributed by atoms with Gasteiger partial charge in [0.1, 0.15) is 11.6 Å². The summed E-state index contributed by atoms with van der Waals surface area (Å²) in [6.07, 6.45) is 0.869. The van der Waals surface area contributed by atoms with E-state index in [0.717, 1.165) is 0 Å². The molecular weight excluding hydrogens is 339 g/mol. The van der Waals surface area contributed by atoms with Crippen molar-refractivity contribution in [2.45, 2.75) is 12.8 Å². The molecule has 1 saturated heterocycles. The molecule has 1 aliphatic rings. The lowest BCUT2D eigenvalue weighted by Crippen LogP contribution is -2.42. The molecule has 6 nitrogen and oxygen atoms in total. The Morgan fingerprint density at radius 2 is 1.85 bits per heavy atom. The first-order valence-corrected chi connectivity index (χ1v) is 8.34. The summed E-state index contributed by atoms with van der Waals surface area (Å²) in [7, 11) is 0. The van der Waals surface area contributed by atoms with Crippen LogP contribution in [0.5, 0.6) is 11.5 Å². The molecular formula is C19H19FN2O4. The van der Waals surface area contributed by atoms with Gasteiger partial charge in [-0.15, -0.1) is 0 Å². The van der Waals surface area contributed by atoms with E-state index in [9.17, 15) is 14.0 Å². The van der Waals surface area contributed by atoms with Crippen LogP contribution in [0.1, 0.15) is 12.8 Å². The quantitative estimate of drug-likeness (QED) is 0.867. The summed E-state index contributed by atoms with van der Waals surface area (Å²) >= 11 is 0. The van der Waals surface area contributed by atoms with Crippen LogP contribution in [-0.2, 0) is 4.79 Å². The topological polar surface area (TPSA) is 78.9 Å². The number of para-hydroxylation sites is 2. The van der Waals surface area contributed by atoms with Gasteiger partial charge in [0.2, 0.25) is 0 Å². The molecule has 1 heterocycles. The SMILES string of the molecule is O=C(O)C1CCN(C(=O)Nc2ccccc2Oc2cccc(F)c2)CC1. The summed E-state index contributed by atoms with van der Waals surface area (Å²) in [4.78, 5) is 25.0. The maximum absolute atomic E-state index is 13.3. The van der Waals surface area contributed by atoms with Gasteiger partial charge in [-0.05, 0) is 37.1 Å². The maximum atomic E-state index is 13.3. The lowest BCUT2D eigenvalue weighted by atomic mass is 9.97. The first-order valence-electron chi connectivity index (χ1n) is 8.34. The van der Waals surface area contributed by atoms with Crippen LogP contribution < -0.4 is 10.1 Å². The van der Waals surface area contributed by atoms with Crippen molar-refractivity contribution in [3.05, 3.63) is 54.3 Å². The van der Waals surface area contributed by atoms with Crippen molar-refractivity contribution in [1.29, 1.82) is 0 Å². The van der Waals surface area contributed by atoms with Gasteiger partial charge in [0.05, 0.1) is 11.6 Å². The largest absolute Gasteiger partial charge is 0.481 e. The van der Waals surface area contributed by atoms with E-state index in [2.05, 4.69) is 5.32 Å². The Balaban J connectivity index is 1.66. The van der Waals surface area contributed by atoms with Gasteiger partial charge in [0, 0.05) is 19.2 Å². The van der Waals surface area contributed by atoms with E-state index in [0.29, 0.717) is 43.1 Å². The van der Waals surface area contributed by atoms with Crippen molar-refractivity contribution in [3.8, 4) is 11.5 Å². The molecule has 2 aromatic rings. The second kappa shape index (κ2) is 7.86. The number of benzene rings is 2. The number of aliphatic carboxylic acids is 1. The number of piperidine rings is 1. The van der Waals surface area contributed by atoms with Crippen molar-refractivity contribution in [1.82, 2.24) is 4.90 Å². The van der Waals surface area contributed by atoms with Crippen molar-refractivity contribution < 1.29 is 23.8 Å². The third-order valence-electron chi connectivity index (χ3n) is 4.28. The molecule has 3 rings (SSSR count). The lowest BCUT2D eigenvalue weighted by molar-refractivity contribution is -0.143. The number of ether oxygens (including phenoxy) is 1. The predicted octanol–water partition coefficient (Wildman–Crippen LogP) is 3.95. The Morgan fingerprint density at radius 3 is 2.54 bits per heavy atom. The summed E-state index contributed by atoms with van der Waals surface area (Å²) in [6.45, 7) is 0.769. The molecule has 26 heavy (non-hydrogen) atoms. The predicted molar refractivity (Wildman–Crippen MR) is 93.9 cm³/mol. The van der Waals surface area contributed by atoms with E-state index in [1.165, 1.54) is 12.1 Å². The molecule has 2 aromatic carbocycles. The zero-order chi connectivity index (χ0) is 18.5. The smallest absolute Gasteiger partial charge is 0.321 e. The number of amides is 2. The number of hydrogen-bond acceptors (Lipinski definition) is 3. The fourth-order valence-electron chi connectivity index (χ4n) is 2.84. The molecule has 0 saturated carbocycles. The maximum Gasteiger partial charge on any atom is 0.321 e. The molecule has 0 aromatic heterocycles. The minimum atomic E-state index is -0.820. The summed E-state index contributed by atoms with van der Waals surface area (Å²) in [6, 6.07) is 12.3. The highest BCUT2D eigenvalue weighted by Crippen LogP contribution is 2.30. The van der Waals surface area contributed by atoms with E-state index in [1.54, 1.807) is 41.3 Å². The first-order chi connectivity index (χ1) is 12.5. The molecule has 0 radical (unpaired) electrons. The number of carboxylic acids is 1. The van der Waals surface area contributed by atoms with Gasteiger partial charge in [-0.2, -0.15) is 0 Å². The number of hydrogen-bond donors (Lipinski definition) is 2. The summed E-state index contributed by atoms with van der Waals surface area (Å²) in [5.41, 5.74) is 0.460. The van der Waals surface area contributed by atoms with Crippen molar-refractivity contribution in [3.63, 3.8) is 0 Å². The van der Waals surface area contributed by atoms with Gasteiger partial charge < -0.3 is 20.1 Å². The number of nitrogens with one attached hydrogen (secondary N) is 1. The van der Waals surface area contributed by atoms with Gasteiger partial charge in [-0.25, -0.2) is 9.18 Å².